The van der Waals surface area contributed by atoms with E-state index in [0.717, 1.165) is 11.0 Å². The van der Waals surface area contributed by atoms with Gasteiger partial charge in [0.05, 0.1) is 43.3 Å². The molecule has 0 bridgehead atoms. The summed E-state index contributed by atoms with van der Waals surface area (Å²) in [5.74, 6) is -0.492. The topological polar surface area (TPSA) is 71.4 Å². The summed E-state index contributed by atoms with van der Waals surface area (Å²) in [6.07, 6.45) is 0.0573. The van der Waals surface area contributed by atoms with E-state index in [1.54, 1.807) is 0 Å². The van der Waals surface area contributed by atoms with Crippen molar-refractivity contribution < 1.29 is 27.2 Å². The van der Waals surface area contributed by atoms with Crippen LogP contribution in [0.15, 0.2) is 29.2 Å². The number of piperazine rings is 1. The average Bonchev–Trinajstić information content (AvgIpc) is 2.61. The Morgan fingerprint density at radius 1 is 1.22 bits per heavy atom. The van der Waals surface area contributed by atoms with E-state index in [0.29, 0.717) is 45.8 Å². The van der Waals surface area contributed by atoms with Crippen molar-refractivity contribution in [2.24, 2.45) is 0 Å². The highest BCUT2D eigenvalue weighted by molar-refractivity contribution is 7.89. The standard InChI is InChI=1S/C18H26FN3O4S/c1-14-11-21(12-15(2)26-14)18(23)13-20-6-8-22(9-7-20)27(24,25)17-5-3-4-16(19)10-17/h3-5,10,14-15H,6-9,11-13H2,1-2H3/p+1/t14-,15+. The molecule has 7 nitrogen and oxygen atoms in total. The maximum atomic E-state index is 13.4. The normalized spacial score (nSPS) is 25.5. The van der Waals surface area contributed by atoms with E-state index in [4.69, 9.17) is 4.74 Å². The van der Waals surface area contributed by atoms with Crippen LogP contribution in [0, 0.1) is 5.82 Å². The van der Waals surface area contributed by atoms with Crippen molar-refractivity contribution in [3.8, 4) is 0 Å². The van der Waals surface area contributed by atoms with Gasteiger partial charge in [-0.3, -0.25) is 4.79 Å². The molecule has 0 saturated carbocycles. The Morgan fingerprint density at radius 3 is 2.44 bits per heavy atom. The molecule has 0 spiro atoms. The fourth-order valence-corrected chi connectivity index (χ4v) is 5.18. The number of nitrogens with one attached hydrogen (secondary N) is 1. The number of nitrogens with zero attached hydrogens (tertiary/aromatic N) is 2. The van der Waals surface area contributed by atoms with Crippen LogP contribution in [0.25, 0.3) is 0 Å². The number of ether oxygens (including phenoxy) is 1. The third-order valence-corrected chi connectivity index (χ3v) is 6.93. The summed E-state index contributed by atoms with van der Waals surface area (Å²) in [6, 6.07) is 5.06. The van der Waals surface area contributed by atoms with E-state index >= 15 is 0 Å². The molecule has 1 aromatic carbocycles. The summed E-state index contributed by atoms with van der Waals surface area (Å²) in [7, 11) is -3.70. The predicted octanol–water partition coefficient (Wildman–Crippen LogP) is -0.649. The summed E-state index contributed by atoms with van der Waals surface area (Å²) >= 11 is 0. The molecule has 2 aliphatic heterocycles. The third-order valence-electron chi connectivity index (χ3n) is 5.04. The summed E-state index contributed by atoms with van der Waals surface area (Å²) in [5.41, 5.74) is 0. The molecule has 1 aromatic rings. The minimum Gasteiger partial charge on any atom is -0.372 e. The van der Waals surface area contributed by atoms with Crippen LogP contribution in [0.1, 0.15) is 13.8 Å². The van der Waals surface area contributed by atoms with Crippen molar-refractivity contribution >= 4 is 15.9 Å². The number of hydrogen-bond donors (Lipinski definition) is 1. The molecule has 9 heteroatoms. The van der Waals surface area contributed by atoms with Crippen LogP contribution in [0.2, 0.25) is 0 Å². The van der Waals surface area contributed by atoms with E-state index in [2.05, 4.69) is 0 Å². The smallest absolute Gasteiger partial charge is 0.277 e. The van der Waals surface area contributed by atoms with Gasteiger partial charge in [0.2, 0.25) is 10.0 Å². The van der Waals surface area contributed by atoms with Gasteiger partial charge in [-0.1, -0.05) is 6.07 Å². The highest BCUT2D eigenvalue weighted by Crippen LogP contribution is 2.16. The molecular formula is C18H27FN3O4S+. The van der Waals surface area contributed by atoms with Crippen molar-refractivity contribution in [2.45, 2.75) is 31.0 Å². The van der Waals surface area contributed by atoms with Gasteiger partial charge in [0.15, 0.2) is 6.54 Å². The molecular weight excluding hydrogens is 373 g/mol. The number of carbonyl (C=O) groups is 1. The molecule has 0 aromatic heterocycles. The molecule has 2 saturated heterocycles. The Bertz CT molecular complexity index is 771. The Balaban J connectivity index is 1.55. The number of benzene rings is 1. The summed E-state index contributed by atoms with van der Waals surface area (Å²) in [4.78, 5) is 15.4. The van der Waals surface area contributed by atoms with Gasteiger partial charge in [0.1, 0.15) is 5.82 Å². The lowest BCUT2D eigenvalue weighted by atomic mass is 10.2. The second-order valence-electron chi connectivity index (χ2n) is 7.34. The number of amides is 1. The maximum absolute atomic E-state index is 13.4. The van der Waals surface area contributed by atoms with Gasteiger partial charge in [-0.15, -0.1) is 0 Å². The number of hydrogen-bond acceptors (Lipinski definition) is 4. The molecule has 150 valence electrons. The molecule has 2 fully saturated rings. The lowest BCUT2D eigenvalue weighted by Gasteiger charge is -2.37. The molecule has 3 rings (SSSR count). The second-order valence-corrected chi connectivity index (χ2v) is 9.28. The number of halogens is 1. The summed E-state index contributed by atoms with van der Waals surface area (Å²) < 4.78 is 45.7. The Kier molecular flexibility index (Phi) is 6.15. The molecule has 2 aliphatic rings. The van der Waals surface area contributed by atoms with E-state index in [9.17, 15) is 17.6 Å². The molecule has 1 amide bonds. The fourth-order valence-electron chi connectivity index (χ4n) is 3.70. The van der Waals surface area contributed by atoms with Gasteiger partial charge in [0, 0.05) is 13.1 Å². The zero-order valence-electron chi connectivity index (χ0n) is 15.7. The minimum absolute atomic E-state index is 0.0287. The van der Waals surface area contributed by atoms with Crippen molar-refractivity contribution in [1.82, 2.24) is 9.21 Å². The third kappa shape index (κ3) is 4.84. The first-order valence-corrected chi connectivity index (χ1v) is 10.7. The van der Waals surface area contributed by atoms with Crippen LogP contribution in [0.4, 0.5) is 4.39 Å². The highest BCUT2D eigenvalue weighted by atomic mass is 32.2. The van der Waals surface area contributed by atoms with Crippen LogP contribution in [-0.4, -0.2) is 81.6 Å². The maximum Gasteiger partial charge on any atom is 0.277 e. The predicted molar refractivity (Wildman–Crippen MR) is 97.3 cm³/mol. The zero-order chi connectivity index (χ0) is 19.6. The Labute approximate surface area is 159 Å². The molecule has 27 heavy (non-hydrogen) atoms. The number of sulfonamides is 1. The molecule has 2 heterocycles. The first-order valence-electron chi connectivity index (χ1n) is 9.28. The fraction of sp³-hybridized carbons (Fsp3) is 0.611. The van der Waals surface area contributed by atoms with Crippen LogP contribution in [0.3, 0.4) is 0 Å². The monoisotopic (exact) mass is 400 g/mol. The molecule has 1 N–H and O–H groups in total. The van der Waals surface area contributed by atoms with Gasteiger partial charge in [-0.2, -0.15) is 4.31 Å². The summed E-state index contributed by atoms with van der Waals surface area (Å²) in [5, 5.41) is 0. The lowest BCUT2D eigenvalue weighted by molar-refractivity contribution is -0.896. The van der Waals surface area contributed by atoms with Crippen molar-refractivity contribution in [1.29, 1.82) is 0 Å². The molecule has 0 unspecified atom stereocenters. The van der Waals surface area contributed by atoms with Crippen LogP contribution in [0.5, 0.6) is 0 Å². The minimum atomic E-state index is -3.70. The van der Waals surface area contributed by atoms with Gasteiger partial charge < -0.3 is 14.5 Å². The molecule has 2 atom stereocenters. The number of morpholine rings is 1. The van der Waals surface area contributed by atoms with Crippen molar-refractivity contribution in [3.63, 3.8) is 0 Å². The number of carbonyl (C=O) groups excluding carboxylic acids is 1. The van der Waals surface area contributed by atoms with Crippen molar-refractivity contribution in [2.75, 3.05) is 45.8 Å². The second kappa shape index (κ2) is 8.22. The Hall–Kier alpha value is -1.55. The van der Waals surface area contributed by atoms with Gasteiger partial charge in [-0.25, -0.2) is 12.8 Å². The van der Waals surface area contributed by atoms with Gasteiger partial charge in [0.25, 0.3) is 5.91 Å². The molecule has 0 aliphatic carbocycles. The van der Waals surface area contributed by atoms with E-state index in [1.807, 2.05) is 18.7 Å². The first-order chi connectivity index (χ1) is 12.8. The lowest BCUT2D eigenvalue weighted by Crippen LogP contribution is -3.15. The quantitative estimate of drug-likeness (QED) is 0.729. The highest BCUT2D eigenvalue weighted by Gasteiger charge is 2.33. The average molecular weight is 400 g/mol. The SMILES string of the molecule is C[C@@H]1CN(C(=O)C[NH+]2CCN(S(=O)(=O)c3cccc(F)c3)CC2)C[C@H](C)O1. The number of rotatable bonds is 4. The van der Waals surface area contributed by atoms with Crippen LogP contribution in [-0.2, 0) is 19.6 Å². The van der Waals surface area contributed by atoms with Gasteiger partial charge >= 0.3 is 0 Å². The van der Waals surface area contributed by atoms with Crippen LogP contribution >= 0.6 is 0 Å². The van der Waals surface area contributed by atoms with Crippen molar-refractivity contribution in [3.05, 3.63) is 30.1 Å². The first kappa shape index (κ1) is 20.2. The van der Waals surface area contributed by atoms with E-state index in [-0.39, 0.29) is 23.0 Å². The van der Waals surface area contributed by atoms with E-state index < -0.39 is 15.8 Å². The Morgan fingerprint density at radius 2 is 1.85 bits per heavy atom. The number of quaternary nitrogens is 1. The van der Waals surface area contributed by atoms with E-state index in [1.165, 1.54) is 22.5 Å². The zero-order valence-corrected chi connectivity index (χ0v) is 16.5. The summed E-state index contributed by atoms with van der Waals surface area (Å²) in [6.45, 7) is 7.19. The largest absolute Gasteiger partial charge is 0.372 e. The van der Waals surface area contributed by atoms with Gasteiger partial charge in [-0.05, 0) is 32.0 Å². The van der Waals surface area contributed by atoms with Crippen LogP contribution < -0.4 is 4.90 Å². The molecule has 0 radical (unpaired) electrons.